The molecule has 4 nitrogen and oxygen atoms in total. The van der Waals surface area contributed by atoms with Gasteiger partial charge >= 0.3 is 0 Å². The highest BCUT2D eigenvalue weighted by Gasteiger charge is 2.14. The second-order valence-electron chi connectivity index (χ2n) is 5.23. The van der Waals surface area contributed by atoms with Gasteiger partial charge in [-0.3, -0.25) is 4.90 Å². The Bertz CT molecular complexity index is 622. The molecule has 0 aliphatic carbocycles. The summed E-state index contributed by atoms with van der Waals surface area (Å²) >= 11 is 1.78. The number of thiophene rings is 1. The molecular weight excluding hydrogens is 282 g/mol. The number of rotatable bonds is 5. The monoisotopic (exact) mass is 303 g/mol. The first-order valence-corrected chi connectivity index (χ1v) is 7.72. The topological polar surface area (TPSA) is 61.9 Å². The zero-order chi connectivity index (χ0) is 15.4. The van der Waals surface area contributed by atoms with Gasteiger partial charge in [0.25, 0.3) is 0 Å². The maximum absolute atomic E-state index is 8.73. The van der Waals surface area contributed by atoms with Crippen LogP contribution in [0.4, 0.5) is 0 Å². The number of nitrogens with two attached hydrogens (primary N) is 1. The van der Waals surface area contributed by atoms with E-state index in [4.69, 9.17) is 10.9 Å². The molecule has 0 saturated carbocycles. The van der Waals surface area contributed by atoms with Crippen LogP contribution in [-0.2, 0) is 6.54 Å². The van der Waals surface area contributed by atoms with Crippen LogP contribution in [0.5, 0.6) is 0 Å². The van der Waals surface area contributed by atoms with Gasteiger partial charge in [-0.2, -0.15) is 0 Å². The Balaban J connectivity index is 2.12. The maximum atomic E-state index is 8.73. The zero-order valence-corrected chi connectivity index (χ0v) is 13.4. The Morgan fingerprint density at radius 2 is 2.19 bits per heavy atom. The molecule has 0 radical (unpaired) electrons. The third-order valence-corrected chi connectivity index (χ3v) is 4.82. The van der Waals surface area contributed by atoms with E-state index in [9.17, 15) is 0 Å². The second kappa shape index (κ2) is 6.74. The largest absolute Gasteiger partial charge is 0.409 e. The van der Waals surface area contributed by atoms with E-state index < -0.39 is 0 Å². The molecule has 2 rings (SSSR count). The Kier molecular flexibility index (Phi) is 4.98. The van der Waals surface area contributed by atoms with E-state index in [1.807, 2.05) is 25.1 Å². The molecule has 112 valence electrons. The van der Waals surface area contributed by atoms with E-state index >= 15 is 0 Å². The molecule has 1 atom stereocenters. The molecule has 1 unspecified atom stereocenters. The molecular formula is C16H21N3OS. The molecule has 0 saturated heterocycles. The van der Waals surface area contributed by atoms with Crippen molar-refractivity contribution in [3.63, 3.8) is 0 Å². The van der Waals surface area contributed by atoms with Gasteiger partial charge < -0.3 is 10.9 Å². The van der Waals surface area contributed by atoms with Gasteiger partial charge in [0.1, 0.15) is 0 Å². The summed E-state index contributed by atoms with van der Waals surface area (Å²) in [6.45, 7) is 5.13. The highest BCUT2D eigenvalue weighted by atomic mass is 32.1. The lowest BCUT2D eigenvalue weighted by Crippen LogP contribution is -2.22. The number of oxime groups is 1. The van der Waals surface area contributed by atoms with E-state index in [1.54, 1.807) is 11.3 Å². The highest BCUT2D eigenvalue weighted by molar-refractivity contribution is 7.10. The van der Waals surface area contributed by atoms with Crippen LogP contribution in [0.1, 0.15) is 34.5 Å². The fourth-order valence-electron chi connectivity index (χ4n) is 2.24. The van der Waals surface area contributed by atoms with Gasteiger partial charge in [-0.25, -0.2) is 0 Å². The summed E-state index contributed by atoms with van der Waals surface area (Å²) in [5, 5.41) is 13.9. The van der Waals surface area contributed by atoms with Gasteiger partial charge in [-0.05, 0) is 49.5 Å². The smallest absolute Gasteiger partial charge is 0.170 e. The third-order valence-electron chi connectivity index (χ3n) is 3.78. The molecule has 0 aliphatic rings. The molecule has 0 fully saturated rings. The van der Waals surface area contributed by atoms with Crippen LogP contribution >= 0.6 is 11.3 Å². The Morgan fingerprint density at radius 3 is 2.76 bits per heavy atom. The zero-order valence-electron chi connectivity index (χ0n) is 12.6. The number of aryl methyl sites for hydroxylation is 1. The fourth-order valence-corrected chi connectivity index (χ4v) is 3.09. The minimum Gasteiger partial charge on any atom is -0.409 e. The molecule has 21 heavy (non-hydrogen) atoms. The lowest BCUT2D eigenvalue weighted by atomic mass is 10.0. The quantitative estimate of drug-likeness (QED) is 0.385. The molecule has 3 N–H and O–H groups in total. The van der Waals surface area contributed by atoms with Crippen molar-refractivity contribution in [3.05, 3.63) is 57.3 Å². The second-order valence-corrected chi connectivity index (χ2v) is 6.21. The van der Waals surface area contributed by atoms with E-state index in [0.717, 1.165) is 17.7 Å². The van der Waals surface area contributed by atoms with Gasteiger partial charge in [0.05, 0.1) is 0 Å². The van der Waals surface area contributed by atoms with Crippen LogP contribution in [0.15, 0.2) is 40.9 Å². The van der Waals surface area contributed by atoms with Gasteiger partial charge in [0.15, 0.2) is 5.84 Å². The molecule has 5 heteroatoms. The van der Waals surface area contributed by atoms with E-state index in [2.05, 4.69) is 41.5 Å². The summed E-state index contributed by atoms with van der Waals surface area (Å²) in [4.78, 5) is 3.68. The SMILES string of the molecule is Cc1cc(/C(N)=N/O)ccc1CN(C)C(C)c1cccs1. The van der Waals surface area contributed by atoms with Gasteiger partial charge in [0, 0.05) is 23.0 Å². The van der Waals surface area contributed by atoms with Crippen LogP contribution in [0.3, 0.4) is 0 Å². The highest BCUT2D eigenvalue weighted by Crippen LogP contribution is 2.25. The first kappa shape index (κ1) is 15.5. The normalized spacial score (nSPS) is 13.6. The summed E-state index contributed by atoms with van der Waals surface area (Å²) in [5.74, 6) is 0.143. The third kappa shape index (κ3) is 3.62. The van der Waals surface area contributed by atoms with E-state index in [0.29, 0.717) is 6.04 Å². The van der Waals surface area contributed by atoms with Crippen molar-refractivity contribution in [1.29, 1.82) is 0 Å². The molecule has 0 bridgehead atoms. The predicted molar refractivity (Wildman–Crippen MR) is 87.9 cm³/mol. The first-order chi connectivity index (χ1) is 10.0. The Labute approximate surface area is 129 Å². The van der Waals surface area contributed by atoms with Crippen LogP contribution in [-0.4, -0.2) is 23.0 Å². The standard InChI is InChI=1S/C16H21N3OS/c1-11-9-13(16(17)18-20)6-7-14(11)10-19(3)12(2)15-5-4-8-21-15/h4-9,12,20H,10H2,1-3H3,(H2,17,18). The average molecular weight is 303 g/mol. The van der Waals surface area contributed by atoms with Crippen molar-refractivity contribution in [2.45, 2.75) is 26.4 Å². The van der Waals surface area contributed by atoms with Crippen molar-refractivity contribution in [3.8, 4) is 0 Å². The lowest BCUT2D eigenvalue weighted by Gasteiger charge is -2.24. The van der Waals surface area contributed by atoms with Crippen molar-refractivity contribution >= 4 is 17.2 Å². The molecule has 0 spiro atoms. The first-order valence-electron chi connectivity index (χ1n) is 6.84. The maximum Gasteiger partial charge on any atom is 0.170 e. The van der Waals surface area contributed by atoms with Crippen LogP contribution in [0, 0.1) is 6.92 Å². The summed E-state index contributed by atoms with van der Waals surface area (Å²) in [7, 11) is 2.13. The van der Waals surface area contributed by atoms with E-state index in [1.165, 1.54) is 10.4 Å². The molecule has 1 aromatic carbocycles. The minimum atomic E-state index is 0.143. The molecule has 0 amide bonds. The summed E-state index contributed by atoms with van der Waals surface area (Å²) in [6, 6.07) is 10.5. The van der Waals surface area contributed by atoms with Gasteiger partial charge in [-0.15, -0.1) is 11.3 Å². The number of hydrogen-bond donors (Lipinski definition) is 2. The predicted octanol–water partition coefficient (Wildman–Crippen LogP) is 3.34. The number of hydrogen-bond acceptors (Lipinski definition) is 4. The lowest BCUT2D eigenvalue weighted by molar-refractivity contribution is 0.256. The fraction of sp³-hybridized carbons (Fsp3) is 0.312. The minimum absolute atomic E-state index is 0.143. The van der Waals surface area contributed by atoms with Crippen LogP contribution in [0.25, 0.3) is 0 Å². The van der Waals surface area contributed by atoms with Crippen molar-refractivity contribution in [1.82, 2.24) is 4.90 Å². The summed E-state index contributed by atoms with van der Waals surface area (Å²) in [6.07, 6.45) is 0. The van der Waals surface area contributed by atoms with Crippen LogP contribution in [0.2, 0.25) is 0 Å². The van der Waals surface area contributed by atoms with Crippen molar-refractivity contribution in [2.24, 2.45) is 10.9 Å². The van der Waals surface area contributed by atoms with Gasteiger partial charge in [0.2, 0.25) is 0 Å². The number of benzene rings is 1. The van der Waals surface area contributed by atoms with Gasteiger partial charge in [-0.1, -0.05) is 23.4 Å². The number of nitrogens with zero attached hydrogens (tertiary/aromatic N) is 2. The molecule has 0 aliphatic heterocycles. The average Bonchev–Trinajstić information content (AvgIpc) is 3.01. The van der Waals surface area contributed by atoms with Crippen molar-refractivity contribution < 1.29 is 5.21 Å². The Morgan fingerprint density at radius 1 is 1.43 bits per heavy atom. The van der Waals surface area contributed by atoms with E-state index in [-0.39, 0.29) is 5.84 Å². The number of amidine groups is 1. The Hall–Kier alpha value is -1.85. The summed E-state index contributed by atoms with van der Waals surface area (Å²) < 4.78 is 0. The molecule has 2 aromatic rings. The van der Waals surface area contributed by atoms with Crippen molar-refractivity contribution in [2.75, 3.05) is 7.05 Å². The molecule has 1 aromatic heterocycles. The summed E-state index contributed by atoms with van der Waals surface area (Å²) in [5.41, 5.74) is 8.75. The molecule has 1 heterocycles. The van der Waals surface area contributed by atoms with Crippen LogP contribution < -0.4 is 5.73 Å².